The first kappa shape index (κ1) is 15.5. The van der Waals surface area contributed by atoms with Crippen LogP contribution in [0.1, 0.15) is 45.1 Å². The third kappa shape index (κ3) is 4.62. The Morgan fingerprint density at radius 2 is 2.00 bits per heavy atom. The van der Waals surface area contributed by atoms with Crippen molar-refractivity contribution >= 4 is 29.0 Å². The van der Waals surface area contributed by atoms with E-state index in [-0.39, 0.29) is 11.7 Å². The molecule has 0 aromatic heterocycles. The molecule has 18 heavy (non-hydrogen) atoms. The van der Waals surface area contributed by atoms with Crippen molar-refractivity contribution in [3.8, 4) is 0 Å². The van der Waals surface area contributed by atoms with Gasteiger partial charge < -0.3 is 0 Å². The van der Waals surface area contributed by atoms with Gasteiger partial charge in [-0.05, 0) is 36.6 Å². The third-order valence-electron chi connectivity index (χ3n) is 3.23. The molecule has 0 aliphatic heterocycles. The van der Waals surface area contributed by atoms with Gasteiger partial charge in [-0.25, -0.2) is 0 Å². The number of halogens is 2. The largest absolute Gasteiger partial charge is 0.299 e. The molecule has 3 heteroatoms. The summed E-state index contributed by atoms with van der Waals surface area (Å²) in [5, 5.41) is 1.25. The predicted molar refractivity (Wildman–Crippen MR) is 78.5 cm³/mol. The molecule has 0 heterocycles. The fourth-order valence-corrected chi connectivity index (χ4v) is 2.43. The molecule has 0 saturated heterocycles. The van der Waals surface area contributed by atoms with Gasteiger partial charge in [0.15, 0.2) is 0 Å². The molecule has 0 saturated carbocycles. The average molecular weight is 287 g/mol. The van der Waals surface area contributed by atoms with E-state index in [0.29, 0.717) is 16.5 Å². The highest BCUT2D eigenvalue weighted by molar-refractivity contribution is 6.33. The fraction of sp³-hybridized carbons (Fsp3) is 0.533. The van der Waals surface area contributed by atoms with Gasteiger partial charge in [0, 0.05) is 22.4 Å². The SMILES string of the molecule is CCCCC(CC)C(=O)Cc1cc(Cl)ccc1Cl. The summed E-state index contributed by atoms with van der Waals surface area (Å²) in [5.74, 6) is 0.426. The van der Waals surface area contributed by atoms with Gasteiger partial charge >= 0.3 is 0 Å². The Labute approximate surface area is 119 Å². The number of hydrogen-bond donors (Lipinski definition) is 0. The quantitative estimate of drug-likeness (QED) is 0.663. The summed E-state index contributed by atoms with van der Waals surface area (Å²) in [5.41, 5.74) is 0.837. The maximum absolute atomic E-state index is 12.2. The normalized spacial score (nSPS) is 12.4. The first-order chi connectivity index (χ1) is 8.58. The standard InChI is InChI=1S/C15H20Cl2O/c1-3-5-6-11(4-2)15(18)10-12-9-13(16)7-8-14(12)17/h7-9,11H,3-6,10H2,1-2H3. The molecule has 1 atom stereocenters. The van der Waals surface area contributed by atoms with Crippen molar-refractivity contribution < 1.29 is 4.79 Å². The van der Waals surface area contributed by atoms with E-state index >= 15 is 0 Å². The van der Waals surface area contributed by atoms with Crippen LogP contribution in [0.4, 0.5) is 0 Å². The molecule has 1 aromatic rings. The summed E-state index contributed by atoms with van der Waals surface area (Å²) < 4.78 is 0. The summed E-state index contributed by atoms with van der Waals surface area (Å²) in [6, 6.07) is 5.28. The molecule has 1 nitrogen and oxygen atoms in total. The topological polar surface area (TPSA) is 17.1 Å². The number of benzene rings is 1. The first-order valence-electron chi connectivity index (χ1n) is 6.55. The lowest BCUT2D eigenvalue weighted by Crippen LogP contribution is -2.16. The predicted octanol–water partition coefficient (Wildman–Crippen LogP) is 5.32. The molecule has 1 rings (SSSR count). The Bertz CT molecular complexity index is 401. The van der Waals surface area contributed by atoms with Crippen molar-refractivity contribution in [1.82, 2.24) is 0 Å². The summed E-state index contributed by atoms with van der Waals surface area (Å²) in [7, 11) is 0. The Hall–Kier alpha value is -0.530. The van der Waals surface area contributed by atoms with Crippen LogP contribution in [0.5, 0.6) is 0 Å². The molecule has 0 spiro atoms. The van der Waals surface area contributed by atoms with E-state index in [1.54, 1.807) is 18.2 Å². The Morgan fingerprint density at radius 3 is 2.61 bits per heavy atom. The van der Waals surface area contributed by atoms with E-state index in [1.165, 1.54) is 0 Å². The van der Waals surface area contributed by atoms with Crippen molar-refractivity contribution in [1.29, 1.82) is 0 Å². The zero-order valence-corrected chi connectivity index (χ0v) is 12.5. The van der Waals surface area contributed by atoms with Crippen LogP contribution in [0.2, 0.25) is 10.0 Å². The van der Waals surface area contributed by atoms with Crippen LogP contribution in [0, 0.1) is 5.92 Å². The van der Waals surface area contributed by atoms with Crippen molar-refractivity contribution in [3.63, 3.8) is 0 Å². The van der Waals surface area contributed by atoms with E-state index in [2.05, 4.69) is 13.8 Å². The van der Waals surface area contributed by atoms with Gasteiger partial charge in [-0.3, -0.25) is 4.79 Å². The lowest BCUT2D eigenvalue weighted by molar-refractivity contribution is -0.122. The van der Waals surface area contributed by atoms with Gasteiger partial charge in [0.2, 0.25) is 0 Å². The molecule has 0 aliphatic rings. The van der Waals surface area contributed by atoms with Crippen LogP contribution >= 0.6 is 23.2 Å². The maximum Gasteiger partial charge on any atom is 0.140 e. The van der Waals surface area contributed by atoms with Crippen LogP contribution in [0.15, 0.2) is 18.2 Å². The number of hydrogen-bond acceptors (Lipinski definition) is 1. The van der Waals surface area contributed by atoms with E-state index in [4.69, 9.17) is 23.2 Å². The van der Waals surface area contributed by atoms with Gasteiger partial charge in [-0.2, -0.15) is 0 Å². The molecular formula is C15H20Cl2O. The maximum atomic E-state index is 12.2. The van der Waals surface area contributed by atoms with Crippen molar-refractivity contribution in [2.75, 3.05) is 0 Å². The number of rotatable bonds is 7. The molecule has 0 bridgehead atoms. The summed E-state index contributed by atoms with van der Waals surface area (Å²) in [6.45, 7) is 4.21. The van der Waals surface area contributed by atoms with Gasteiger partial charge in [0.05, 0.1) is 0 Å². The second-order valence-electron chi connectivity index (χ2n) is 4.63. The summed E-state index contributed by atoms with van der Waals surface area (Å²) in [4.78, 5) is 12.2. The molecule has 100 valence electrons. The summed E-state index contributed by atoms with van der Waals surface area (Å²) in [6.07, 6.45) is 4.50. The van der Waals surface area contributed by atoms with Crippen molar-refractivity contribution in [2.45, 2.75) is 46.0 Å². The fourth-order valence-electron chi connectivity index (χ4n) is 2.05. The number of unbranched alkanes of at least 4 members (excludes halogenated alkanes) is 1. The van der Waals surface area contributed by atoms with Crippen molar-refractivity contribution in [3.05, 3.63) is 33.8 Å². The zero-order chi connectivity index (χ0) is 13.5. The molecular weight excluding hydrogens is 267 g/mol. The smallest absolute Gasteiger partial charge is 0.140 e. The van der Waals surface area contributed by atoms with Crippen LogP contribution in [-0.2, 0) is 11.2 Å². The summed E-state index contributed by atoms with van der Waals surface area (Å²) >= 11 is 12.0. The van der Waals surface area contributed by atoms with E-state index < -0.39 is 0 Å². The van der Waals surface area contributed by atoms with Crippen LogP contribution in [0.3, 0.4) is 0 Å². The number of Topliss-reactive ketones (excluding diaryl/α,β-unsaturated/α-hetero) is 1. The van der Waals surface area contributed by atoms with Gasteiger partial charge in [0.25, 0.3) is 0 Å². The Kier molecular flexibility index (Phi) is 6.73. The van der Waals surface area contributed by atoms with Crippen LogP contribution < -0.4 is 0 Å². The Balaban J connectivity index is 2.70. The van der Waals surface area contributed by atoms with Gasteiger partial charge in [-0.15, -0.1) is 0 Å². The molecule has 0 N–H and O–H groups in total. The molecule has 0 fully saturated rings. The number of carbonyl (C=O) groups excluding carboxylic acids is 1. The molecule has 0 radical (unpaired) electrons. The average Bonchev–Trinajstić information content (AvgIpc) is 2.35. The molecule has 1 unspecified atom stereocenters. The number of ketones is 1. The minimum atomic E-state index is 0.153. The molecule has 0 amide bonds. The van der Waals surface area contributed by atoms with Crippen molar-refractivity contribution in [2.24, 2.45) is 5.92 Å². The molecule has 0 aliphatic carbocycles. The van der Waals surface area contributed by atoms with E-state index in [0.717, 1.165) is 31.2 Å². The lowest BCUT2D eigenvalue weighted by Gasteiger charge is -2.13. The highest BCUT2D eigenvalue weighted by atomic mass is 35.5. The van der Waals surface area contributed by atoms with Crippen LogP contribution in [0.25, 0.3) is 0 Å². The first-order valence-corrected chi connectivity index (χ1v) is 7.30. The highest BCUT2D eigenvalue weighted by Crippen LogP contribution is 2.23. The zero-order valence-electron chi connectivity index (χ0n) is 11.0. The van der Waals surface area contributed by atoms with E-state index in [1.807, 2.05) is 0 Å². The second kappa shape index (κ2) is 7.81. The molecule has 1 aromatic carbocycles. The van der Waals surface area contributed by atoms with E-state index in [9.17, 15) is 4.79 Å². The minimum Gasteiger partial charge on any atom is -0.299 e. The second-order valence-corrected chi connectivity index (χ2v) is 5.47. The highest BCUT2D eigenvalue weighted by Gasteiger charge is 2.17. The third-order valence-corrected chi connectivity index (χ3v) is 3.83. The Morgan fingerprint density at radius 1 is 1.28 bits per heavy atom. The van der Waals surface area contributed by atoms with Crippen LogP contribution in [-0.4, -0.2) is 5.78 Å². The number of carbonyl (C=O) groups is 1. The van der Waals surface area contributed by atoms with Gasteiger partial charge in [-0.1, -0.05) is 49.9 Å². The lowest BCUT2D eigenvalue weighted by atomic mass is 9.91. The monoisotopic (exact) mass is 286 g/mol. The van der Waals surface area contributed by atoms with Gasteiger partial charge in [0.1, 0.15) is 5.78 Å². The minimum absolute atomic E-state index is 0.153.